The van der Waals surface area contributed by atoms with Crippen LogP contribution in [0.25, 0.3) is 0 Å². The lowest BCUT2D eigenvalue weighted by Crippen LogP contribution is -2.52. The zero-order valence-electron chi connectivity index (χ0n) is 11.6. The predicted molar refractivity (Wildman–Crippen MR) is 76.5 cm³/mol. The highest BCUT2D eigenvalue weighted by Crippen LogP contribution is 2.21. The molecule has 1 aliphatic heterocycles. The average molecular weight is 248 g/mol. The van der Waals surface area contributed by atoms with Gasteiger partial charge in [-0.1, -0.05) is 13.8 Å². The number of piperazine rings is 1. The fourth-order valence-corrected chi connectivity index (χ4v) is 2.38. The third-order valence-corrected chi connectivity index (χ3v) is 3.52. The summed E-state index contributed by atoms with van der Waals surface area (Å²) in [5.41, 5.74) is 1.30. The molecule has 1 N–H and O–H groups in total. The van der Waals surface area contributed by atoms with Crippen LogP contribution in [-0.2, 0) is 0 Å². The van der Waals surface area contributed by atoms with Gasteiger partial charge in [-0.25, -0.2) is 0 Å². The zero-order chi connectivity index (χ0) is 13.0. The Bertz CT molecular complexity index is 361. The van der Waals surface area contributed by atoms with Crippen LogP contribution in [0.4, 0.5) is 5.69 Å². The molecule has 1 heterocycles. The minimum Gasteiger partial charge on any atom is -0.494 e. The second-order valence-corrected chi connectivity index (χ2v) is 5.18. The summed E-state index contributed by atoms with van der Waals surface area (Å²) in [5.74, 6) is 1.63. The standard InChI is InChI=1S/C15H24N2O/c1-4-18-14-7-5-13(6-8-14)17-10-9-16-15(11-17)12(2)3/h5-8,12,15-16H,4,9-11H2,1-3H3. The van der Waals surface area contributed by atoms with E-state index in [9.17, 15) is 0 Å². The molecule has 3 heteroatoms. The van der Waals surface area contributed by atoms with Crippen molar-refractivity contribution >= 4 is 5.69 Å². The normalized spacial score (nSPS) is 20.2. The van der Waals surface area contributed by atoms with Crippen molar-refractivity contribution < 1.29 is 4.74 Å². The Balaban J connectivity index is 2.02. The smallest absolute Gasteiger partial charge is 0.119 e. The van der Waals surface area contributed by atoms with E-state index in [0.717, 1.165) is 32.0 Å². The monoisotopic (exact) mass is 248 g/mol. The molecule has 0 amide bonds. The van der Waals surface area contributed by atoms with Crippen molar-refractivity contribution in [3.05, 3.63) is 24.3 Å². The lowest BCUT2D eigenvalue weighted by Gasteiger charge is -2.37. The van der Waals surface area contributed by atoms with Crippen molar-refractivity contribution in [3.8, 4) is 5.75 Å². The highest BCUT2D eigenvalue weighted by atomic mass is 16.5. The van der Waals surface area contributed by atoms with Crippen LogP contribution >= 0.6 is 0 Å². The Morgan fingerprint density at radius 3 is 2.67 bits per heavy atom. The largest absolute Gasteiger partial charge is 0.494 e. The second kappa shape index (κ2) is 6.10. The van der Waals surface area contributed by atoms with Gasteiger partial charge in [0.25, 0.3) is 0 Å². The van der Waals surface area contributed by atoms with Crippen molar-refractivity contribution in [1.82, 2.24) is 5.32 Å². The van der Waals surface area contributed by atoms with Gasteiger partial charge in [-0.05, 0) is 37.1 Å². The van der Waals surface area contributed by atoms with E-state index in [4.69, 9.17) is 4.74 Å². The highest BCUT2D eigenvalue weighted by Gasteiger charge is 2.21. The molecule has 1 aromatic carbocycles. The molecule has 3 nitrogen and oxygen atoms in total. The first-order valence-electron chi connectivity index (χ1n) is 6.92. The van der Waals surface area contributed by atoms with Crippen molar-refractivity contribution in [2.45, 2.75) is 26.8 Å². The maximum absolute atomic E-state index is 5.48. The molecule has 18 heavy (non-hydrogen) atoms. The van der Waals surface area contributed by atoms with E-state index in [0.29, 0.717) is 12.0 Å². The van der Waals surface area contributed by atoms with Crippen LogP contribution in [0.2, 0.25) is 0 Å². The lowest BCUT2D eigenvalue weighted by molar-refractivity contribution is 0.340. The third kappa shape index (κ3) is 3.16. The molecular formula is C15H24N2O. The first kappa shape index (κ1) is 13.2. The Kier molecular flexibility index (Phi) is 4.48. The summed E-state index contributed by atoms with van der Waals surface area (Å²) < 4.78 is 5.48. The molecular weight excluding hydrogens is 224 g/mol. The van der Waals surface area contributed by atoms with Gasteiger partial charge >= 0.3 is 0 Å². The van der Waals surface area contributed by atoms with Crippen molar-refractivity contribution in [2.75, 3.05) is 31.1 Å². The summed E-state index contributed by atoms with van der Waals surface area (Å²) in [7, 11) is 0. The fourth-order valence-electron chi connectivity index (χ4n) is 2.38. The van der Waals surface area contributed by atoms with Gasteiger partial charge in [-0.15, -0.1) is 0 Å². The number of nitrogens with one attached hydrogen (secondary N) is 1. The van der Waals surface area contributed by atoms with Gasteiger partial charge in [0.2, 0.25) is 0 Å². The van der Waals surface area contributed by atoms with Crippen LogP contribution in [0.3, 0.4) is 0 Å². The number of anilines is 1. The third-order valence-electron chi connectivity index (χ3n) is 3.52. The van der Waals surface area contributed by atoms with Gasteiger partial charge in [0, 0.05) is 31.4 Å². The first-order chi connectivity index (χ1) is 8.70. The molecule has 1 unspecified atom stereocenters. The van der Waals surface area contributed by atoms with E-state index in [-0.39, 0.29) is 0 Å². The molecule has 0 aliphatic carbocycles. The Morgan fingerprint density at radius 1 is 1.33 bits per heavy atom. The van der Waals surface area contributed by atoms with Crippen molar-refractivity contribution in [2.24, 2.45) is 5.92 Å². The van der Waals surface area contributed by atoms with Gasteiger partial charge in [0.1, 0.15) is 5.75 Å². The van der Waals surface area contributed by atoms with E-state index >= 15 is 0 Å². The van der Waals surface area contributed by atoms with Crippen LogP contribution in [0.15, 0.2) is 24.3 Å². The van der Waals surface area contributed by atoms with Gasteiger partial charge in [0.15, 0.2) is 0 Å². The minimum absolute atomic E-state index is 0.588. The van der Waals surface area contributed by atoms with Gasteiger partial charge in [-0.2, -0.15) is 0 Å². The number of hydrogen-bond acceptors (Lipinski definition) is 3. The lowest BCUT2D eigenvalue weighted by atomic mass is 10.0. The van der Waals surface area contributed by atoms with Crippen LogP contribution < -0.4 is 15.0 Å². The topological polar surface area (TPSA) is 24.5 Å². The molecule has 1 saturated heterocycles. The molecule has 0 radical (unpaired) electrons. The molecule has 1 aliphatic rings. The van der Waals surface area contributed by atoms with E-state index in [1.807, 2.05) is 6.92 Å². The number of hydrogen-bond donors (Lipinski definition) is 1. The number of ether oxygens (including phenoxy) is 1. The number of benzene rings is 1. The quantitative estimate of drug-likeness (QED) is 0.886. The first-order valence-corrected chi connectivity index (χ1v) is 6.92. The van der Waals surface area contributed by atoms with Gasteiger partial charge < -0.3 is 15.0 Å². The van der Waals surface area contributed by atoms with E-state index in [1.165, 1.54) is 5.69 Å². The molecule has 0 aromatic heterocycles. The van der Waals surface area contributed by atoms with Crippen LogP contribution in [0.1, 0.15) is 20.8 Å². The molecule has 2 rings (SSSR count). The molecule has 100 valence electrons. The molecule has 0 bridgehead atoms. The molecule has 1 fully saturated rings. The zero-order valence-corrected chi connectivity index (χ0v) is 11.6. The van der Waals surface area contributed by atoms with Crippen LogP contribution in [-0.4, -0.2) is 32.3 Å². The summed E-state index contributed by atoms with van der Waals surface area (Å²) >= 11 is 0. The fraction of sp³-hybridized carbons (Fsp3) is 0.600. The minimum atomic E-state index is 0.588. The van der Waals surface area contributed by atoms with E-state index < -0.39 is 0 Å². The molecule has 0 saturated carbocycles. The molecule has 0 spiro atoms. The Labute approximate surface area is 110 Å². The second-order valence-electron chi connectivity index (χ2n) is 5.18. The summed E-state index contributed by atoms with van der Waals surface area (Å²) in [5, 5.41) is 3.58. The molecule has 1 atom stereocenters. The number of rotatable bonds is 4. The summed E-state index contributed by atoms with van der Waals surface area (Å²) in [6, 6.07) is 9.03. The van der Waals surface area contributed by atoms with E-state index in [2.05, 4.69) is 48.3 Å². The highest BCUT2D eigenvalue weighted by molar-refractivity contribution is 5.49. The van der Waals surface area contributed by atoms with Crippen LogP contribution in [0.5, 0.6) is 5.75 Å². The number of nitrogens with zero attached hydrogens (tertiary/aromatic N) is 1. The maximum Gasteiger partial charge on any atom is 0.119 e. The SMILES string of the molecule is CCOc1ccc(N2CCNC(C(C)C)C2)cc1. The van der Waals surface area contributed by atoms with E-state index in [1.54, 1.807) is 0 Å². The summed E-state index contributed by atoms with van der Waals surface area (Å²) in [6.07, 6.45) is 0. The average Bonchev–Trinajstić information content (AvgIpc) is 2.40. The molecule has 1 aromatic rings. The van der Waals surface area contributed by atoms with Crippen molar-refractivity contribution in [3.63, 3.8) is 0 Å². The predicted octanol–water partition coefficient (Wildman–Crippen LogP) is 2.52. The Morgan fingerprint density at radius 2 is 2.06 bits per heavy atom. The van der Waals surface area contributed by atoms with Crippen molar-refractivity contribution in [1.29, 1.82) is 0 Å². The maximum atomic E-state index is 5.48. The van der Waals surface area contributed by atoms with Gasteiger partial charge in [0.05, 0.1) is 6.61 Å². The summed E-state index contributed by atoms with van der Waals surface area (Å²) in [6.45, 7) is 10.5. The Hall–Kier alpha value is -1.22. The van der Waals surface area contributed by atoms with Gasteiger partial charge in [-0.3, -0.25) is 0 Å². The summed E-state index contributed by atoms with van der Waals surface area (Å²) in [4.78, 5) is 2.46. The van der Waals surface area contributed by atoms with Crippen LogP contribution in [0, 0.1) is 5.92 Å².